The second-order valence-electron chi connectivity index (χ2n) is 5.12. The first-order chi connectivity index (χ1) is 7.27. The van der Waals surface area contributed by atoms with Crippen LogP contribution in [0.15, 0.2) is 0 Å². The van der Waals surface area contributed by atoms with Gasteiger partial charge in [-0.3, -0.25) is 4.90 Å². The minimum atomic E-state index is 0.662. The molecule has 1 aliphatic heterocycles. The SMILES string of the molecule is CCCCCCN1CCC(C)CC1CN. The highest BCUT2D eigenvalue weighted by atomic mass is 15.2. The first-order valence-corrected chi connectivity index (χ1v) is 6.72. The Kier molecular flexibility index (Phi) is 6.26. The van der Waals surface area contributed by atoms with Crippen LogP contribution >= 0.6 is 0 Å². The quantitative estimate of drug-likeness (QED) is 0.686. The molecule has 0 spiro atoms. The van der Waals surface area contributed by atoms with E-state index in [1.54, 1.807) is 0 Å². The van der Waals surface area contributed by atoms with Crippen molar-refractivity contribution in [3.05, 3.63) is 0 Å². The molecule has 0 aliphatic carbocycles. The Morgan fingerprint density at radius 3 is 2.73 bits per heavy atom. The van der Waals surface area contributed by atoms with Crippen molar-refractivity contribution in [3.8, 4) is 0 Å². The second-order valence-corrected chi connectivity index (χ2v) is 5.12. The molecule has 2 atom stereocenters. The molecule has 1 saturated heterocycles. The lowest BCUT2D eigenvalue weighted by Crippen LogP contribution is -2.46. The monoisotopic (exact) mass is 212 g/mol. The predicted molar refractivity (Wildman–Crippen MR) is 67.0 cm³/mol. The van der Waals surface area contributed by atoms with E-state index in [0.29, 0.717) is 6.04 Å². The maximum Gasteiger partial charge on any atom is 0.0220 e. The van der Waals surface area contributed by atoms with Crippen LogP contribution in [0.2, 0.25) is 0 Å². The van der Waals surface area contributed by atoms with Crippen LogP contribution < -0.4 is 5.73 Å². The van der Waals surface area contributed by atoms with Gasteiger partial charge >= 0.3 is 0 Å². The van der Waals surface area contributed by atoms with Crippen molar-refractivity contribution in [1.29, 1.82) is 0 Å². The van der Waals surface area contributed by atoms with Crippen LogP contribution in [0.25, 0.3) is 0 Å². The number of likely N-dealkylation sites (tertiary alicyclic amines) is 1. The van der Waals surface area contributed by atoms with Crippen molar-refractivity contribution in [2.45, 2.75) is 58.4 Å². The van der Waals surface area contributed by atoms with Gasteiger partial charge in [0.1, 0.15) is 0 Å². The maximum atomic E-state index is 5.84. The van der Waals surface area contributed by atoms with Crippen molar-refractivity contribution >= 4 is 0 Å². The Balaban J connectivity index is 2.20. The van der Waals surface area contributed by atoms with Crippen LogP contribution in [0, 0.1) is 5.92 Å². The summed E-state index contributed by atoms with van der Waals surface area (Å²) in [5.41, 5.74) is 5.84. The Hall–Kier alpha value is -0.0800. The summed E-state index contributed by atoms with van der Waals surface area (Å²) in [6.07, 6.45) is 8.14. The van der Waals surface area contributed by atoms with Gasteiger partial charge in [0.15, 0.2) is 0 Å². The summed E-state index contributed by atoms with van der Waals surface area (Å²) in [5.74, 6) is 0.880. The van der Waals surface area contributed by atoms with Gasteiger partial charge in [0.25, 0.3) is 0 Å². The van der Waals surface area contributed by atoms with Crippen molar-refractivity contribution in [2.24, 2.45) is 11.7 Å². The van der Waals surface area contributed by atoms with Gasteiger partial charge in [-0.1, -0.05) is 33.1 Å². The van der Waals surface area contributed by atoms with E-state index < -0.39 is 0 Å². The van der Waals surface area contributed by atoms with E-state index in [9.17, 15) is 0 Å². The molecule has 2 N–H and O–H groups in total. The molecule has 90 valence electrons. The highest BCUT2D eigenvalue weighted by Crippen LogP contribution is 2.22. The molecule has 0 radical (unpaired) electrons. The summed E-state index contributed by atoms with van der Waals surface area (Å²) in [4.78, 5) is 2.62. The second kappa shape index (κ2) is 7.24. The van der Waals surface area contributed by atoms with Crippen LogP contribution in [0.4, 0.5) is 0 Å². The molecule has 0 aromatic carbocycles. The average Bonchev–Trinajstić information content (AvgIpc) is 2.26. The van der Waals surface area contributed by atoms with E-state index in [-0.39, 0.29) is 0 Å². The third-order valence-corrected chi connectivity index (χ3v) is 3.67. The fraction of sp³-hybridized carbons (Fsp3) is 1.00. The summed E-state index contributed by atoms with van der Waals surface area (Å²) in [6.45, 7) is 8.02. The van der Waals surface area contributed by atoms with Gasteiger partial charge in [0.05, 0.1) is 0 Å². The molecule has 1 aliphatic rings. The third-order valence-electron chi connectivity index (χ3n) is 3.67. The first-order valence-electron chi connectivity index (χ1n) is 6.72. The zero-order valence-electron chi connectivity index (χ0n) is 10.5. The van der Waals surface area contributed by atoms with Gasteiger partial charge in [-0.05, 0) is 38.3 Å². The van der Waals surface area contributed by atoms with Crippen LogP contribution in [0.3, 0.4) is 0 Å². The van der Waals surface area contributed by atoms with E-state index >= 15 is 0 Å². The number of nitrogens with zero attached hydrogens (tertiary/aromatic N) is 1. The largest absolute Gasteiger partial charge is 0.329 e. The van der Waals surface area contributed by atoms with Gasteiger partial charge < -0.3 is 5.73 Å². The van der Waals surface area contributed by atoms with Gasteiger partial charge in [0.2, 0.25) is 0 Å². The van der Waals surface area contributed by atoms with Crippen molar-refractivity contribution in [1.82, 2.24) is 4.90 Å². The number of hydrogen-bond donors (Lipinski definition) is 1. The third kappa shape index (κ3) is 4.52. The van der Waals surface area contributed by atoms with Crippen LogP contribution in [-0.2, 0) is 0 Å². The lowest BCUT2D eigenvalue weighted by atomic mass is 9.92. The lowest BCUT2D eigenvalue weighted by Gasteiger charge is -2.38. The standard InChI is InChI=1S/C13H28N2/c1-3-4-5-6-8-15-9-7-12(2)10-13(15)11-14/h12-13H,3-11,14H2,1-2H3. The summed E-state index contributed by atoms with van der Waals surface area (Å²) < 4.78 is 0. The normalized spacial score (nSPS) is 28.2. The number of piperidine rings is 1. The Labute approximate surface area is 95.2 Å². The van der Waals surface area contributed by atoms with E-state index in [0.717, 1.165) is 12.5 Å². The van der Waals surface area contributed by atoms with Gasteiger partial charge in [-0.15, -0.1) is 0 Å². The molecule has 0 aromatic rings. The molecule has 1 rings (SSSR count). The fourth-order valence-electron chi connectivity index (χ4n) is 2.58. The van der Waals surface area contributed by atoms with Gasteiger partial charge in [-0.2, -0.15) is 0 Å². The molecule has 2 heteroatoms. The fourth-order valence-corrected chi connectivity index (χ4v) is 2.58. The highest BCUT2D eigenvalue weighted by Gasteiger charge is 2.24. The van der Waals surface area contributed by atoms with Crippen molar-refractivity contribution < 1.29 is 0 Å². The summed E-state index contributed by atoms with van der Waals surface area (Å²) >= 11 is 0. The van der Waals surface area contributed by atoms with Crippen LogP contribution in [0.1, 0.15) is 52.4 Å². The minimum Gasteiger partial charge on any atom is -0.329 e. The topological polar surface area (TPSA) is 29.3 Å². The number of hydrogen-bond acceptors (Lipinski definition) is 2. The number of unbranched alkanes of at least 4 members (excludes halogenated alkanes) is 3. The molecule has 0 aromatic heterocycles. The molecule has 0 saturated carbocycles. The molecule has 15 heavy (non-hydrogen) atoms. The summed E-state index contributed by atoms with van der Waals surface area (Å²) in [6, 6.07) is 0.662. The molecule has 2 nitrogen and oxygen atoms in total. The smallest absolute Gasteiger partial charge is 0.0220 e. The molecule has 1 heterocycles. The lowest BCUT2D eigenvalue weighted by molar-refractivity contribution is 0.120. The Morgan fingerprint density at radius 2 is 2.07 bits per heavy atom. The maximum absolute atomic E-state index is 5.84. The van der Waals surface area contributed by atoms with E-state index in [2.05, 4.69) is 18.7 Å². The number of rotatable bonds is 6. The highest BCUT2D eigenvalue weighted by molar-refractivity contribution is 4.80. The molecular formula is C13H28N2. The van der Waals surface area contributed by atoms with Gasteiger partial charge in [-0.25, -0.2) is 0 Å². The van der Waals surface area contributed by atoms with E-state index in [1.165, 1.54) is 51.6 Å². The average molecular weight is 212 g/mol. The predicted octanol–water partition coefficient (Wildman–Crippen LogP) is 2.63. The summed E-state index contributed by atoms with van der Waals surface area (Å²) in [5, 5.41) is 0. The molecular weight excluding hydrogens is 184 g/mol. The molecule has 2 unspecified atom stereocenters. The summed E-state index contributed by atoms with van der Waals surface area (Å²) in [7, 11) is 0. The molecule has 0 bridgehead atoms. The zero-order valence-corrected chi connectivity index (χ0v) is 10.5. The number of nitrogens with two attached hydrogens (primary N) is 1. The zero-order chi connectivity index (χ0) is 11.1. The van der Waals surface area contributed by atoms with E-state index in [1.807, 2.05) is 0 Å². The van der Waals surface area contributed by atoms with Gasteiger partial charge in [0, 0.05) is 12.6 Å². The first kappa shape index (κ1) is 13.0. The molecule has 0 amide bonds. The van der Waals surface area contributed by atoms with Crippen LogP contribution in [-0.4, -0.2) is 30.6 Å². The van der Waals surface area contributed by atoms with E-state index in [4.69, 9.17) is 5.73 Å². The minimum absolute atomic E-state index is 0.662. The Bertz CT molecular complexity index is 159. The van der Waals surface area contributed by atoms with Crippen molar-refractivity contribution in [3.63, 3.8) is 0 Å². The van der Waals surface area contributed by atoms with Crippen molar-refractivity contribution in [2.75, 3.05) is 19.6 Å². The molecule has 1 fully saturated rings. The Morgan fingerprint density at radius 1 is 1.27 bits per heavy atom. The van der Waals surface area contributed by atoms with Crippen LogP contribution in [0.5, 0.6) is 0 Å².